The zero-order valence-electron chi connectivity index (χ0n) is 16.4. The Kier molecular flexibility index (Phi) is 6.64. The summed E-state index contributed by atoms with van der Waals surface area (Å²) in [6, 6.07) is 18.9. The van der Waals surface area contributed by atoms with Crippen LogP contribution in [-0.4, -0.2) is 26.1 Å². The van der Waals surface area contributed by atoms with E-state index in [0.717, 1.165) is 0 Å². The van der Waals surface area contributed by atoms with Crippen LogP contribution in [0.5, 0.6) is 11.5 Å². The van der Waals surface area contributed by atoms with E-state index in [1.165, 1.54) is 56.7 Å². The maximum absolute atomic E-state index is 13.1. The fourth-order valence-electron chi connectivity index (χ4n) is 2.78. The van der Waals surface area contributed by atoms with Gasteiger partial charge in [-0.1, -0.05) is 30.3 Å². The molecule has 0 aliphatic heterocycles. The van der Waals surface area contributed by atoms with E-state index >= 15 is 0 Å². The van der Waals surface area contributed by atoms with Crippen molar-refractivity contribution in [3.8, 4) is 11.5 Å². The first-order valence-corrected chi connectivity index (χ1v) is 9.06. The van der Waals surface area contributed by atoms with E-state index in [4.69, 9.17) is 14.2 Å². The molecule has 3 rings (SSSR count). The number of esters is 1. The normalized spacial score (nSPS) is 11.3. The molecule has 6 nitrogen and oxygen atoms in total. The van der Waals surface area contributed by atoms with Crippen LogP contribution in [0.4, 0.5) is 10.1 Å². The largest absolute Gasteiger partial charge is 0.493 e. The van der Waals surface area contributed by atoms with Crippen LogP contribution < -0.4 is 14.8 Å². The third-order valence-electron chi connectivity index (χ3n) is 4.28. The lowest BCUT2D eigenvalue weighted by Crippen LogP contribution is -2.26. The Hall–Kier alpha value is -3.87. The second kappa shape index (κ2) is 9.56. The number of amides is 1. The number of hydrogen-bond donors (Lipinski definition) is 1. The summed E-state index contributed by atoms with van der Waals surface area (Å²) in [7, 11) is 2.71. The van der Waals surface area contributed by atoms with Gasteiger partial charge >= 0.3 is 5.97 Å². The van der Waals surface area contributed by atoms with Crippen LogP contribution in [0.25, 0.3) is 0 Å². The van der Waals surface area contributed by atoms with Gasteiger partial charge in [-0.05, 0) is 42.5 Å². The van der Waals surface area contributed by atoms with Gasteiger partial charge in [0.25, 0.3) is 5.91 Å². The SMILES string of the molecule is COC(=O)c1ccc(O[C@@H](C(=O)Nc2ccc(F)cc2)c2ccccc2)c(OC)c1. The summed E-state index contributed by atoms with van der Waals surface area (Å²) in [6.45, 7) is 0. The number of carbonyl (C=O) groups excluding carboxylic acids is 2. The Labute approximate surface area is 173 Å². The van der Waals surface area contributed by atoms with E-state index in [0.29, 0.717) is 11.3 Å². The van der Waals surface area contributed by atoms with Crippen LogP contribution in [0, 0.1) is 5.82 Å². The molecule has 3 aromatic rings. The first kappa shape index (κ1) is 20.9. The molecule has 0 aromatic heterocycles. The molecule has 0 spiro atoms. The van der Waals surface area contributed by atoms with E-state index in [9.17, 15) is 14.0 Å². The summed E-state index contributed by atoms with van der Waals surface area (Å²) < 4.78 is 29.2. The molecule has 0 aliphatic carbocycles. The molecule has 0 fully saturated rings. The molecule has 0 saturated carbocycles. The molecule has 0 heterocycles. The highest BCUT2D eigenvalue weighted by molar-refractivity contribution is 5.95. The molecular formula is C23H20FNO5. The highest BCUT2D eigenvalue weighted by Gasteiger charge is 2.25. The Morgan fingerprint density at radius 3 is 2.23 bits per heavy atom. The topological polar surface area (TPSA) is 73.9 Å². The number of halogens is 1. The maximum atomic E-state index is 13.1. The number of carbonyl (C=O) groups is 2. The number of hydrogen-bond acceptors (Lipinski definition) is 5. The number of ether oxygens (including phenoxy) is 3. The first-order valence-electron chi connectivity index (χ1n) is 9.06. The second-order valence-corrected chi connectivity index (χ2v) is 6.26. The lowest BCUT2D eigenvalue weighted by atomic mass is 10.1. The minimum atomic E-state index is -1.02. The van der Waals surface area contributed by atoms with Crippen molar-refractivity contribution in [1.82, 2.24) is 0 Å². The van der Waals surface area contributed by atoms with Gasteiger partial charge in [0.1, 0.15) is 5.82 Å². The second-order valence-electron chi connectivity index (χ2n) is 6.26. The van der Waals surface area contributed by atoms with Gasteiger partial charge in [-0.3, -0.25) is 4.79 Å². The molecule has 0 saturated heterocycles. The summed E-state index contributed by atoms with van der Waals surface area (Å²) in [5, 5.41) is 2.72. The number of rotatable bonds is 7. The average Bonchev–Trinajstić information content (AvgIpc) is 2.78. The maximum Gasteiger partial charge on any atom is 0.337 e. The van der Waals surface area contributed by atoms with Gasteiger partial charge in [-0.25, -0.2) is 9.18 Å². The van der Waals surface area contributed by atoms with Crippen molar-refractivity contribution in [1.29, 1.82) is 0 Å². The van der Waals surface area contributed by atoms with Crippen LogP contribution in [0.3, 0.4) is 0 Å². The van der Waals surface area contributed by atoms with Gasteiger partial charge in [0.15, 0.2) is 11.5 Å². The van der Waals surface area contributed by atoms with Crippen LogP contribution in [0.15, 0.2) is 72.8 Å². The molecule has 1 atom stereocenters. The standard InChI is InChI=1S/C23H20FNO5/c1-28-20-14-16(23(27)29-2)8-13-19(20)30-21(15-6-4-3-5-7-15)22(26)25-18-11-9-17(24)10-12-18/h3-14,21H,1-2H3,(H,25,26)/t21-/m1/s1. The van der Waals surface area contributed by atoms with Gasteiger partial charge < -0.3 is 19.5 Å². The van der Waals surface area contributed by atoms with Gasteiger partial charge in [-0.15, -0.1) is 0 Å². The Morgan fingerprint density at radius 1 is 0.900 bits per heavy atom. The Balaban J connectivity index is 1.91. The summed E-state index contributed by atoms with van der Waals surface area (Å²) >= 11 is 0. The molecule has 7 heteroatoms. The van der Waals surface area contributed by atoms with Gasteiger partial charge in [0.05, 0.1) is 19.8 Å². The van der Waals surface area contributed by atoms with E-state index in [2.05, 4.69) is 5.32 Å². The summed E-state index contributed by atoms with van der Waals surface area (Å²) in [5.74, 6) is -0.832. The first-order chi connectivity index (χ1) is 14.5. The van der Waals surface area contributed by atoms with E-state index in [-0.39, 0.29) is 17.1 Å². The van der Waals surface area contributed by atoms with Crippen LogP contribution in [0.1, 0.15) is 22.0 Å². The van der Waals surface area contributed by atoms with Gasteiger partial charge in [0, 0.05) is 11.3 Å². The zero-order chi connectivity index (χ0) is 21.5. The fraction of sp³-hybridized carbons (Fsp3) is 0.130. The van der Waals surface area contributed by atoms with E-state index < -0.39 is 23.8 Å². The lowest BCUT2D eigenvalue weighted by molar-refractivity contribution is -0.123. The smallest absolute Gasteiger partial charge is 0.337 e. The average molecular weight is 409 g/mol. The summed E-state index contributed by atoms with van der Waals surface area (Å²) in [6.07, 6.45) is -1.02. The molecule has 1 amide bonds. The number of nitrogens with one attached hydrogen (secondary N) is 1. The molecule has 0 radical (unpaired) electrons. The van der Waals surface area contributed by atoms with Crippen LogP contribution in [0.2, 0.25) is 0 Å². The van der Waals surface area contributed by atoms with E-state index in [1.54, 1.807) is 24.3 Å². The molecule has 3 aromatic carbocycles. The van der Waals surface area contributed by atoms with Crippen molar-refractivity contribution in [2.75, 3.05) is 19.5 Å². The minimum absolute atomic E-state index is 0.272. The number of methoxy groups -OCH3 is 2. The predicted octanol–water partition coefficient (Wildman–Crippen LogP) is 4.38. The quantitative estimate of drug-likeness (QED) is 0.586. The molecule has 154 valence electrons. The molecule has 30 heavy (non-hydrogen) atoms. The molecular weight excluding hydrogens is 389 g/mol. The summed E-state index contributed by atoms with van der Waals surface area (Å²) in [4.78, 5) is 24.7. The minimum Gasteiger partial charge on any atom is -0.493 e. The summed E-state index contributed by atoms with van der Waals surface area (Å²) in [5.41, 5.74) is 1.32. The van der Waals surface area contributed by atoms with Crippen molar-refractivity contribution >= 4 is 17.6 Å². The van der Waals surface area contributed by atoms with Crippen LogP contribution in [-0.2, 0) is 9.53 Å². The highest BCUT2D eigenvalue weighted by atomic mass is 19.1. The predicted molar refractivity (Wildman–Crippen MR) is 109 cm³/mol. The third kappa shape index (κ3) is 4.94. The van der Waals surface area contributed by atoms with E-state index in [1.807, 2.05) is 6.07 Å². The number of anilines is 1. The van der Waals surface area contributed by atoms with Crippen molar-refractivity contribution in [2.45, 2.75) is 6.10 Å². The Bertz CT molecular complexity index is 1020. The highest BCUT2D eigenvalue weighted by Crippen LogP contribution is 2.33. The monoisotopic (exact) mass is 409 g/mol. The van der Waals surface area contributed by atoms with Crippen molar-refractivity contribution < 1.29 is 28.2 Å². The Morgan fingerprint density at radius 2 is 1.60 bits per heavy atom. The zero-order valence-corrected chi connectivity index (χ0v) is 16.4. The van der Waals surface area contributed by atoms with Crippen molar-refractivity contribution in [2.24, 2.45) is 0 Å². The third-order valence-corrected chi connectivity index (χ3v) is 4.28. The number of benzene rings is 3. The molecule has 0 bridgehead atoms. The molecule has 0 unspecified atom stereocenters. The van der Waals surface area contributed by atoms with Crippen LogP contribution >= 0.6 is 0 Å². The van der Waals surface area contributed by atoms with Crippen molar-refractivity contribution in [3.05, 3.63) is 89.7 Å². The molecule has 1 N–H and O–H groups in total. The van der Waals surface area contributed by atoms with Gasteiger partial charge in [0.2, 0.25) is 6.10 Å². The van der Waals surface area contributed by atoms with Crippen molar-refractivity contribution in [3.63, 3.8) is 0 Å². The van der Waals surface area contributed by atoms with Gasteiger partial charge in [-0.2, -0.15) is 0 Å². The fourth-order valence-corrected chi connectivity index (χ4v) is 2.78. The lowest BCUT2D eigenvalue weighted by Gasteiger charge is -2.21. The molecule has 0 aliphatic rings.